The molecule has 2 atom stereocenters. The van der Waals surface area contributed by atoms with Crippen LogP contribution in [0.2, 0.25) is 16.6 Å². The van der Waals surface area contributed by atoms with Gasteiger partial charge in [0.2, 0.25) is 0 Å². The van der Waals surface area contributed by atoms with Crippen molar-refractivity contribution < 1.29 is 28.1 Å². The minimum atomic E-state index is -2.26. The molecule has 0 bridgehead atoms. The fourth-order valence-electron chi connectivity index (χ4n) is 9.21. The Hall–Kier alpha value is -3.86. The van der Waals surface area contributed by atoms with Crippen LogP contribution < -0.4 is 19.7 Å². The number of aliphatic hydroxyl groups is 1. The van der Waals surface area contributed by atoms with E-state index in [9.17, 15) is 5.11 Å². The van der Waals surface area contributed by atoms with Gasteiger partial charge in [0.25, 0.3) is 0 Å². The van der Waals surface area contributed by atoms with Gasteiger partial charge in [0.05, 0.1) is 17.8 Å². The van der Waals surface area contributed by atoms with Gasteiger partial charge in [0, 0.05) is 75.2 Å². The van der Waals surface area contributed by atoms with Gasteiger partial charge in [-0.05, 0) is 71.6 Å². The number of β-amino-alcohol motifs (C(OH)–C–C–N with tert-alkyl or cyclic N) is 1. The Balaban J connectivity index is 1.54. The number of aromatic nitrogens is 2. The van der Waals surface area contributed by atoms with Gasteiger partial charge in [-0.25, -0.2) is 8.78 Å². The first-order valence-corrected chi connectivity index (χ1v) is 22.8. The molecule has 2 saturated heterocycles. The second-order valence-electron chi connectivity index (χ2n) is 17.3. The number of piperidine rings is 1. The first kappa shape index (κ1) is 42.7. The number of piperazine rings is 1. The molecule has 0 unspecified atom stereocenters. The maximum absolute atomic E-state index is 17.6. The van der Waals surface area contributed by atoms with Crippen molar-refractivity contribution >= 4 is 35.6 Å². The molecular formula is C45H61F2N5O4Si. The van der Waals surface area contributed by atoms with E-state index in [2.05, 4.69) is 70.1 Å². The third-order valence-electron chi connectivity index (χ3n) is 12.0. The monoisotopic (exact) mass is 801 g/mol. The van der Waals surface area contributed by atoms with Gasteiger partial charge in [-0.2, -0.15) is 9.97 Å². The van der Waals surface area contributed by atoms with Gasteiger partial charge in [-0.15, -0.1) is 5.54 Å². The topological polar surface area (TPSA) is 92.2 Å². The van der Waals surface area contributed by atoms with Crippen molar-refractivity contribution in [3.8, 4) is 34.4 Å². The SMILES string of the molecule is COCOc1cc(-c2ccc3c(N4CCC[C@@](C)(O)C4)nc(OC[C@H](C)CN4CCNCC4)nc3c2F)c2c(C#C[Si](C(C)C)(C(C)C)C(C)C)c(F)ccc2c1. The lowest BCUT2D eigenvalue weighted by Crippen LogP contribution is -2.46. The summed E-state index contributed by atoms with van der Waals surface area (Å²) < 4.78 is 51.2. The molecule has 3 heterocycles. The van der Waals surface area contributed by atoms with Crippen molar-refractivity contribution in [1.82, 2.24) is 20.2 Å². The van der Waals surface area contributed by atoms with E-state index in [0.717, 1.165) is 39.1 Å². The average molecular weight is 802 g/mol. The number of halogens is 2. The summed E-state index contributed by atoms with van der Waals surface area (Å²) in [5.74, 6) is 3.43. The Morgan fingerprint density at radius 2 is 1.65 bits per heavy atom. The van der Waals surface area contributed by atoms with Gasteiger partial charge in [-0.3, -0.25) is 0 Å². The van der Waals surface area contributed by atoms with E-state index in [-0.39, 0.29) is 35.4 Å². The molecule has 2 aliphatic rings. The van der Waals surface area contributed by atoms with E-state index >= 15 is 8.78 Å². The van der Waals surface area contributed by atoms with E-state index in [4.69, 9.17) is 24.2 Å². The number of methoxy groups -OCH3 is 1. The number of hydrogen-bond donors (Lipinski definition) is 2. The van der Waals surface area contributed by atoms with Gasteiger partial charge < -0.3 is 34.4 Å². The fraction of sp³-hybridized carbons (Fsp3) is 0.556. The first-order chi connectivity index (χ1) is 27.1. The van der Waals surface area contributed by atoms with Crippen LogP contribution >= 0.6 is 0 Å². The van der Waals surface area contributed by atoms with Crippen LogP contribution in [0.5, 0.6) is 11.8 Å². The zero-order chi connectivity index (χ0) is 41.1. The van der Waals surface area contributed by atoms with E-state index in [1.165, 1.54) is 13.2 Å². The molecular weight excluding hydrogens is 741 g/mol. The lowest BCUT2D eigenvalue weighted by atomic mass is 9.92. The molecule has 12 heteroatoms. The number of nitrogens with zero attached hydrogens (tertiary/aromatic N) is 4. The molecule has 9 nitrogen and oxygen atoms in total. The predicted octanol–water partition coefficient (Wildman–Crippen LogP) is 8.55. The summed E-state index contributed by atoms with van der Waals surface area (Å²) in [6, 6.07) is 10.2. The first-order valence-electron chi connectivity index (χ1n) is 20.6. The van der Waals surface area contributed by atoms with Crippen molar-refractivity contribution in [3.63, 3.8) is 0 Å². The highest BCUT2D eigenvalue weighted by atomic mass is 28.3. The normalized spacial score (nSPS) is 18.8. The Morgan fingerprint density at radius 1 is 0.930 bits per heavy atom. The smallest absolute Gasteiger partial charge is 0.319 e. The maximum Gasteiger partial charge on any atom is 0.319 e. The zero-order valence-corrected chi connectivity index (χ0v) is 36.3. The predicted molar refractivity (Wildman–Crippen MR) is 229 cm³/mol. The Bertz CT molecular complexity index is 2090. The molecule has 6 rings (SSSR count). The summed E-state index contributed by atoms with van der Waals surface area (Å²) in [5, 5.41) is 16.1. The van der Waals surface area contributed by atoms with Crippen LogP contribution in [0.4, 0.5) is 14.6 Å². The molecule has 3 aromatic carbocycles. The number of hydrogen-bond acceptors (Lipinski definition) is 9. The molecule has 0 saturated carbocycles. The van der Waals surface area contributed by atoms with E-state index < -0.39 is 25.3 Å². The van der Waals surface area contributed by atoms with Gasteiger partial charge >= 0.3 is 6.01 Å². The van der Waals surface area contributed by atoms with Crippen LogP contribution in [0.15, 0.2) is 36.4 Å². The lowest BCUT2D eigenvalue weighted by molar-refractivity contribution is 0.0447. The minimum Gasteiger partial charge on any atom is -0.468 e. The number of benzene rings is 3. The standard InChI is InChI=1S/C45H61F2N5O4Si/c1-29(2)57(30(3)4,31(5)6)22-15-36-39(46)14-11-33-23-34(56-28-54-9)24-38(40(33)36)35-12-13-37-42(41(35)47)49-44(50-43(37)52-19-10-16-45(8,53)27-52)55-26-32(7)25-51-20-17-48-18-21-51/h11-14,23-24,29-32,48,53H,10,16-21,25-28H2,1-9H3/t32-,45-/m1/s1. The molecule has 1 aromatic heterocycles. The van der Waals surface area contributed by atoms with E-state index in [1.54, 1.807) is 18.2 Å². The van der Waals surface area contributed by atoms with Crippen LogP contribution in [0, 0.1) is 29.0 Å². The molecule has 2 fully saturated rings. The number of nitrogens with one attached hydrogen (secondary N) is 1. The van der Waals surface area contributed by atoms with E-state index in [0.29, 0.717) is 76.0 Å². The average Bonchev–Trinajstić information content (AvgIpc) is 3.16. The van der Waals surface area contributed by atoms with Crippen molar-refractivity contribution in [1.29, 1.82) is 0 Å². The summed E-state index contributed by atoms with van der Waals surface area (Å²) >= 11 is 0. The number of ether oxygens (including phenoxy) is 3. The highest BCUT2D eigenvalue weighted by Crippen LogP contribution is 2.43. The van der Waals surface area contributed by atoms with Gasteiger partial charge in [0.1, 0.15) is 31.0 Å². The van der Waals surface area contributed by atoms with Crippen molar-refractivity contribution in [2.45, 2.75) is 90.5 Å². The number of rotatable bonds is 13. The third kappa shape index (κ3) is 9.23. The zero-order valence-electron chi connectivity index (χ0n) is 35.3. The van der Waals surface area contributed by atoms with Crippen LogP contribution in [0.25, 0.3) is 32.8 Å². The molecule has 2 aliphatic heterocycles. The van der Waals surface area contributed by atoms with Crippen LogP contribution in [0.3, 0.4) is 0 Å². The summed E-state index contributed by atoms with van der Waals surface area (Å²) in [6.07, 6.45) is 1.41. The van der Waals surface area contributed by atoms with Crippen LogP contribution in [-0.4, -0.2) is 100.0 Å². The second kappa shape index (κ2) is 18.0. The van der Waals surface area contributed by atoms with Crippen molar-refractivity contribution in [2.24, 2.45) is 5.92 Å². The molecule has 2 N–H and O–H groups in total. The van der Waals surface area contributed by atoms with Crippen LogP contribution in [0.1, 0.15) is 73.8 Å². The van der Waals surface area contributed by atoms with Gasteiger partial charge in [-0.1, -0.05) is 66.5 Å². The Kier molecular flexibility index (Phi) is 13.5. The minimum absolute atomic E-state index is 0.0196. The Labute approximate surface area is 338 Å². The Morgan fingerprint density at radius 3 is 2.32 bits per heavy atom. The maximum atomic E-state index is 17.6. The summed E-state index contributed by atoms with van der Waals surface area (Å²) in [5.41, 5.74) is 4.75. The van der Waals surface area contributed by atoms with Crippen LogP contribution in [-0.2, 0) is 4.74 Å². The molecule has 0 aliphatic carbocycles. The second-order valence-corrected chi connectivity index (χ2v) is 22.9. The summed E-state index contributed by atoms with van der Waals surface area (Å²) in [4.78, 5) is 14.0. The molecule has 57 heavy (non-hydrogen) atoms. The summed E-state index contributed by atoms with van der Waals surface area (Å²) in [7, 11) is -0.729. The lowest BCUT2D eigenvalue weighted by Gasteiger charge is -2.38. The number of anilines is 1. The fourth-order valence-corrected chi connectivity index (χ4v) is 14.4. The van der Waals surface area contributed by atoms with Gasteiger partial charge in [0.15, 0.2) is 12.6 Å². The molecule has 0 radical (unpaired) electrons. The third-order valence-corrected chi connectivity index (χ3v) is 18.3. The molecule has 0 spiro atoms. The quantitative estimate of drug-likeness (QED) is 0.0785. The van der Waals surface area contributed by atoms with Crippen molar-refractivity contribution in [3.05, 3.63) is 53.6 Å². The summed E-state index contributed by atoms with van der Waals surface area (Å²) in [6.45, 7) is 23.3. The molecule has 0 amide bonds. The highest BCUT2D eigenvalue weighted by molar-refractivity contribution is 6.90. The molecule has 308 valence electrons. The van der Waals surface area contributed by atoms with E-state index in [1.807, 2.05) is 24.0 Å². The highest BCUT2D eigenvalue weighted by Gasteiger charge is 2.42. The van der Waals surface area contributed by atoms with Crippen molar-refractivity contribution in [2.75, 3.05) is 71.2 Å². The largest absolute Gasteiger partial charge is 0.468 e. The number of fused-ring (bicyclic) bond motifs is 2. The molecule has 4 aromatic rings.